The predicted molar refractivity (Wildman–Crippen MR) is 132 cm³/mol. The summed E-state index contributed by atoms with van der Waals surface area (Å²) in [5.41, 5.74) is 4.95. The molecular formula is C28H28N2O3. The highest BCUT2D eigenvalue weighted by Gasteiger charge is 2.42. The van der Waals surface area contributed by atoms with Crippen molar-refractivity contribution in [1.82, 2.24) is 0 Å². The molecule has 2 amide bonds. The molecule has 5 heteroatoms. The maximum atomic E-state index is 13.7. The molecule has 0 N–H and O–H groups in total. The van der Waals surface area contributed by atoms with E-state index in [0.717, 1.165) is 29.0 Å². The summed E-state index contributed by atoms with van der Waals surface area (Å²) in [7, 11) is 1.82. The van der Waals surface area contributed by atoms with Crippen LogP contribution >= 0.6 is 0 Å². The molecule has 0 bridgehead atoms. The molecule has 1 aliphatic rings. The van der Waals surface area contributed by atoms with Crippen LogP contribution in [0.1, 0.15) is 30.0 Å². The number of likely N-dealkylation sites (N-methyl/N-ethyl adjacent to an activating group) is 1. The number of amides is 2. The van der Waals surface area contributed by atoms with Crippen LogP contribution in [0.3, 0.4) is 0 Å². The summed E-state index contributed by atoms with van der Waals surface area (Å²) in [4.78, 5) is 30.5. The van der Waals surface area contributed by atoms with E-state index in [4.69, 9.17) is 4.74 Å². The summed E-state index contributed by atoms with van der Waals surface area (Å²) >= 11 is 0. The van der Waals surface area contributed by atoms with Crippen molar-refractivity contribution in [3.05, 3.63) is 95.2 Å². The van der Waals surface area contributed by atoms with Gasteiger partial charge in [0, 0.05) is 12.7 Å². The number of aryl methyl sites for hydroxylation is 2. The number of hydrogen-bond donors (Lipinski definition) is 0. The summed E-state index contributed by atoms with van der Waals surface area (Å²) in [5.74, 6) is 0.0705. The van der Waals surface area contributed by atoms with Gasteiger partial charge in [-0.25, -0.2) is 4.90 Å². The lowest BCUT2D eigenvalue weighted by atomic mass is 10.0. The van der Waals surface area contributed by atoms with Crippen molar-refractivity contribution in [3.63, 3.8) is 0 Å². The van der Waals surface area contributed by atoms with Gasteiger partial charge in [0.15, 0.2) is 0 Å². The van der Waals surface area contributed by atoms with Crippen LogP contribution in [0.5, 0.6) is 5.75 Å². The zero-order valence-electron chi connectivity index (χ0n) is 19.5. The Morgan fingerprint density at radius 1 is 0.848 bits per heavy atom. The van der Waals surface area contributed by atoms with E-state index in [1.165, 1.54) is 4.90 Å². The van der Waals surface area contributed by atoms with Crippen molar-refractivity contribution in [2.45, 2.75) is 27.2 Å². The van der Waals surface area contributed by atoms with Crippen LogP contribution in [0.2, 0.25) is 0 Å². The fourth-order valence-electron chi connectivity index (χ4n) is 3.91. The van der Waals surface area contributed by atoms with Gasteiger partial charge >= 0.3 is 0 Å². The number of carbonyl (C=O) groups is 2. The maximum Gasteiger partial charge on any atom is 0.282 e. The smallest absolute Gasteiger partial charge is 0.282 e. The molecule has 0 atom stereocenters. The van der Waals surface area contributed by atoms with Crippen LogP contribution in [0.4, 0.5) is 11.4 Å². The van der Waals surface area contributed by atoms with Crippen molar-refractivity contribution in [2.75, 3.05) is 23.5 Å². The topological polar surface area (TPSA) is 49.9 Å². The van der Waals surface area contributed by atoms with Crippen molar-refractivity contribution in [2.24, 2.45) is 0 Å². The minimum Gasteiger partial charge on any atom is -0.494 e. The van der Waals surface area contributed by atoms with E-state index >= 15 is 0 Å². The van der Waals surface area contributed by atoms with Crippen molar-refractivity contribution >= 4 is 28.8 Å². The van der Waals surface area contributed by atoms with Crippen molar-refractivity contribution in [3.8, 4) is 5.75 Å². The summed E-state index contributed by atoms with van der Waals surface area (Å²) in [5, 5.41) is 0. The highest BCUT2D eigenvalue weighted by Crippen LogP contribution is 2.37. The number of anilines is 2. The van der Waals surface area contributed by atoms with Gasteiger partial charge in [-0.05, 0) is 73.4 Å². The number of para-hydroxylation sites is 1. The van der Waals surface area contributed by atoms with Gasteiger partial charge in [-0.15, -0.1) is 0 Å². The molecule has 0 aliphatic carbocycles. The molecular weight excluding hydrogens is 412 g/mol. The Balaban J connectivity index is 1.81. The van der Waals surface area contributed by atoms with Gasteiger partial charge in [0.2, 0.25) is 0 Å². The van der Waals surface area contributed by atoms with E-state index in [1.54, 1.807) is 4.90 Å². The molecule has 33 heavy (non-hydrogen) atoms. The third-order valence-corrected chi connectivity index (χ3v) is 5.90. The van der Waals surface area contributed by atoms with E-state index in [9.17, 15) is 9.59 Å². The van der Waals surface area contributed by atoms with Crippen LogP contribution in [0, 0.1) is 13.8 Å². The zero-order chi connectivity index (χ0) is 23.5. The van der Waals surface area contributed by atoms with Crippen LogP contribution in [-0.4, -0.2) is 25.5 Å². The zero-order valence-corrected chi connectivity index (χ0v) is 19.5. The van der Waals surface area contributed by atoms with Crippen LogP contribution in [-0.2, 0) is 9.59 Å². The second kappa shape index (κ2) is 9.33. The molecule has 3 aromatic carbocycles. The van der Waals surface area contributed by atoms with Gasteiger partial charge < -0.3 is 9.64 Å². The summed E-state index contributed by atoms with van der Waals surface area (Å²) in [6, 6.07) is 22.6. The molecule has 0 radical (unpaired) electrons. The Hall–Kier alpha value is -3.86. The minimum atomic E-state index is -0.337. The number of hydrogen-bond acceptors (Lipinski definition) is 4. The largest absolute Gasteiger partial charge is 0.494 e. The normalized spacial score (nSPS) is 13.6. The molecule has 0 saturated heterocycles. The van der Waals surface area contributed by atoms with Crippen molar-refractivity contribution < 1.29 is 14.3 Å². The molecule has 0 saturated carbocycles. The molecule has 0 unspecified atom stereocenters. The quantitative estimate of drug-likeness (QED) is 0.455. The Morgan fingerprint density at radius 3 is 2.18 bits per heavy atom. The SMILES string of the molecule is CCCOc1ccc(C2=C(N(C)c3ccccc3)C(=O)N(c3ccc(C)c(C)c3)C2=O)cc1. The molecule has 4 rings (SSSR count). The van der Waals surface area contributed by atoms with E-state index in [-0.39, 0.29) is 11.8 Å². The number of rotatable bonds is 7. The lowest BCUT2D eigenvalue weighted by molar-refractivity contribution is -0.120. The van der Waals surface area contributed by atoms with Gasteiger partial charge in [0.1, 0.15) is 11.4 Å². The molecule has 0 aromatic heterocycles. The Morgan fingerprint density at radius 2 is 1.55 bits per heavy atom. The average Bonchev–Trinajstić information content (AvgIpc) is 3.09. The highest BCUT2D eigenvalue weighted by atomic mass is 16.5. The lowest BCUT2D eigenvalue weighted by Gasteiger charge is -2.22. The van der Waals surface area contributed by atoms with Gasteiger partial charge in [0.25, 0.3) is 11.8 Å². The molecule has 1 aliphatic heterocycles. The van der Waals surface area contributed by atoms with Crippen LogP contribution in [0.25, 0.3) is 5.57 Å². The third kappa shape index (κ3) is 4.27. The monoisotopic (exact) mass is 440 g/mol. The summed E-state index contributed by atoms with van der Waals surface area (Å²) in [6.45, 7) is 6.66. The first-order valence-corrected chi connectivity index (χ1v) is 11.1. The van der Waals surface area contributed by atoms with Crippen LogP contribution in [0.15, 0.2) is 78.5 Å². The Labute approximate surface area is 194 Å². The second-order valence-corrected chi connectivity index (χ2v) is 8.21. The lowest BCUT2D eigenvalue weighted by Crippen LogP contribution is -2.34. The first kappa shape index (κ1) is 22.3. The molecule has 168 valence electrons. The highest BCUT2D eigenvalue weighted by molar-refractivity contribution is 6.46. The first-order chi connectivity index (χ1) is 15.9. The second-order valence-electron chi connectivity index (χ2n) is 8.21. The Bertz CT molecular complexity index is 1210. The van der Waals surface area contributed by atoms with Gasteiger partial charge in [-0.1, -0.05) is 43.3 Å². The van der Waals surface area contributed by atoms with Gasteiger partial charge in [-0.2, -0.15) is 0 Å². The molecule has 0 fully saturated rings. The fraction of sp³-hybridized carbons (Fsp3) is 0.214. The maximum absolute atomic E-state index is 13.7. The van der Waals surface area contributed by atoms with Gasteiger partial charge in [0.05, 0.1) is 17.9 Å². The third-order valence-electron chi connectivity index (χ3n) is 5.90. The fourth-order valence-corrected chi connectivity index (χ4v) is 3.91. The number of benzene rings is 3. The number of ether oxygens (including phenoxy) is 1. The molecule has 5 nitrogen and oxygen atoms in total. The Kier molecular flexibility index (Phi) is 6.31. The van der Waals surface area contributed by atoms with Crippen molar-refractivity contribution in [1.29, 1.82) is 0 Å². The number of imide groups is 1. The number of nitrogens with zero attached hydrogens (tertiary/aromatic N) is 2. The summed E-state index contributed by atoms with van der Waals surface area (Å²) < 4.78 is 5.69. The van der Waals surface area contributed by atoms with Gasteiger partial charge in [-0.3, -0.25) is 9.59 Å². The summed E-state index contributed by atoms with van der Waals surface area (Å²) in [6.07, 6.45) is 0.914. The standard InChI is InChI=1S/C28H28N2O3/c1-5-17-33-24-15-12-21(13-16-24)25-26(29(4)22-9-7-6-8-10-22)28(32)30(27(25)31)23-14-11-19(2)20(3)18-23/h6-16,18H,5,17H2,1-4H3. The van der Waals surface area contributed by atoms with E-state index < -0.39 is 0 Å². The van der Waals surface area contributed by atoms with E-state index in [0.29, 0.717) is 29.1 Å². The molecule has 0 spiro atoms. The van der Waals surface area contributed by atoms with E-state index in [2.05, 4.69) is 6.92 Å². The van der Waals surface area contributed by atoms with E-state index in [1.807, 2.05) is 93.7 Å². The van der Waals surface area contributed by atoms with Crippen LogP contribution < -0.4 is 14.5 Å². The minimum absolute atomic E-state index is 0.330. The average molecular weight is 441 g/mol. The molecule has 1 heterocycles. The predicted octanol–water partition coefficient (Wildman–Crippen LogP) is 5.51. The number of carbonyl (C=O) groups excluding carboxylic acids is 2. The molecule has 3 aromatic rings. The first-order valence-electron chi connectivity index (χ1n) is 11.1.